The molecule has 0 saturated carbocycles. The smallest absolute Gasteiger partial charge is 0.188 e. The van der Waals surface area contributed by atoms with Gasteiger partial charge in [-0.2, -0.15) is 0 Å². The molecule has 0 aliphatic heterocycles. The molecule has 3 rings (SSSR count). The third-order valence-corrected chi connectivity index (χ3v) is 4.05. The van der Waals surface area contributed by atoms with E-state index in [9.17, 15) is 0 Å². The van der Waals surface area contributed by atoms with E-state index in [1.54, 1.807) is 11.3 Å². The first-order valence-electron chi connectivity index (χ1n) is 6.13. The van der Waals surface area contributed by atoms with Crippen molar-refractivity contribution in [1.82, 2.24) is 9.97 Å². The van der Waals surface area contributed by atoms with Gasteiger partial charge in [-0.1, -0.05) is 34.1 Å². The van der Waals surface area contributed by atoms with Gasteiger partial charge >= 0.3 is 0 Å². The Kier molecular flexibility index (Phi) is 3.80. The molecule has 0 aliphatic carbocycles. The Morgan fingerprint density at radius 3 is 2.60 bits per heavy atom. The Balaban J connectivity index is 1.82. The predicted molar refractivity (Wildman–Crippen MR) is 87.5 cm³/mol. The fourth-order valence-corrected chi connectivity index (χ4v) is 2.80. The van der Waals surface area contributed by atoms with E-state index < -0.39 is 0 Å². The zero-order valence-corrected chi connectivity index (χ0v) is 13.2. The van der Waals surface area contributed by atoms with Crippen LogP contribution in [-0.4, -0.2) is 9.97 Å². The van der Waals surface area contributed by atoms with Gasteiger partial charge in [-0.05, 0) is 31.2 Å². The standard InChI is InChI=1S/C15H12BrN3S/c1-10-3-2-4-14(17-10)19-15-18-13(9-20-15)11-5-7-12(16)8-6-11/h2-9H,1H3,(H,17,18,19). The molecule has 3 aromatic rings. The fourth-order valence-electron chi connectivity index (χ4n) is 1.81. The number of hydrogen-bond acceptors (Lipinski definition) is 4. The van der Waals surface area contributed by atoms with Gasteiger partial charge < -0.3 is 5.32 Å². The molecule has 1 N–H and O–H groups in total. The number of pyridine rings is 1. The van der Waals surface area contributed by atoms with Crippen molar-refractivity contribution in [2.45, 2.75) is 6.92 Å². The van der Waals surface area contributed by atoms with Crippen molar-refractivity contribution in [2.24, 2.45) is 0 Å². The summed E-state index contributed by atoms with van der Waals surface area (Å²) in [7, 11) is 0. The minimum Gasteiger partial charge on any atom is -0.316 e. The molecule has 2 aromatic heterocycles. The highest BCUT2D eigenvalue weighted by Gasteiger charge is 2.05. The van der Waals surface area contributed by atoms with Crippen LogP contribution in [0.1, 0.15) is 5.69 Å². The number of aryl methyl sites for hydroxylation is 1. The van der Waals surface area contributed by atoms with Crippen LogP contribution in [0.15, 0.2) is 52.3 Å². The Labute approximate surface area is 129 Å². The molecule has 20 heavy (non-hydrogen) atoms. The number of hydrogen-bond donors (Lipinski definition) is 1. The lowest BCUT2D eigenvalue weighted by Gasteiger charge is -2.02. The molecular weight excluding hydrogens is 334 g/mol. The molecule has 5 heteroatoms. The van der Waals surface area contributed by atoms with Gasteiger partial charge in [0, 0.05) is 21.1 Å². The molecule has 0 spiro atoms. The molecule has 0 saturated heterocycles. The maximum absolute atomic E-state index is 4.59. The zero-order chi connectivity index (χ0) is 13.9. The number of rotatable bonds is 3. The summed E-state index contributed by atoms with van der Waals surface area (Å²) in [6.07, 6.45) is 0. The van der Waals surface area contributed by atoms with Crippen LogP contribution in [0.5, 0.6) is 0 Å². The van der Waals surface area contributed by atoms with E-state index >= 15 is 0 Å². The van der Waals surface area contributed by atoms with Gasteiger partial charge in [-0.25, -0.2) is 9.97 Å². The average molecular weight is 346 g/mol. The first-order chi connectivity index (χ1) is 9.70. The van der Waals surface area contributed by atoms with E-state index in [0.717, 1.165) is 32.4 Å². The fraction of sp³-hybridized carbons (Fsp3) is 0.0667. The lowest BCUT2D eigenvalue weighted by molar-refractivity contribution is 1.19. The summed E-state index contributed by atoms with van der Waals surface area (Å²) in [4.78, 5) is 9.00. The highest BCUT2D eigenvalue weighted by molar-refractivity contribution is 9.10. The summed E-state index contributed by atoms with van der Waals surface area (Å²) in [5, 5.41) is 6.12. The zero-order valence-electron chi connectivity index (χ0n) is 10.8. The highest BCUT2D eigenvalue weighted by atomic mass is 79.9. The molecule has 100 valence electrons. The van der Waals surface area contributed by atoms with Gasteiger partial charge in [-0.3, -0.25) is 0 Å². The van der Waals surface area contributed by atoms with Crippen LogP contribution in [-0.2, 0) is 0 Å². The first kappa shape index (κ1) is 13.3. The minimum absolute atomic E-state index is 0.821. The number of nitrogens with zero attached hydrogens (tertiary/aromatic N) is 2. The maximum atomic E-state index is 4.59. The molecule has 3 nitrogen and oxygen atoms in total. The van der Waals surface area contributed by atoms with E-state index in [1.807, 2.05) is 54.8 Å². The molecule has 0 aliphatic rings. The van der Waals surface area contributed by atoms with E-state index in [2.05, 4.69) is 31.2 Å². The number of benzene rings is 1. The topological polar surface area (TPSA) is 37.8 Å². The van der Waals surface area contributed by atoms with Gasteiger partial charge in [0.2, 0.25) is 0 Å². The van der Waals surface area contributed by atoms with Crippen LogP contribution in [0.25, 0.3) is 11.3 Å². The maximum Gasteiger partial charge on any atom is 0.188 e. The van der Waals surface area contributed by atoms with Gasteiger partial charge in [0.05, 0.1) is 5.69 Å². The summed E-state index contributed by atoms with van der Waals surface area (Å²) < 4.78 is 1.07. The molecule has 0 bridgehead atoms. The summed E-state index contributed by atoms with van der Waals surface area (Å²) in [6.45, 7) is 1.97. The number of anilines is 2. The summed E-state index contributed by atoms with van der Waals surface area (Å²) in [6, 6.07) is 14.0. The predicted octanol–water partition coefficient (Wildman–Crippen LogP) is 5.02. The third kappa shape index (κ3) is 3.05. The van der Waals surface area contributed by atoms with E-state index in [4.69, 9.17) is 0 Å². The van der Waals surface area contributed by atoms with Crippen molar-refractivity contribution in [1.29, 1.82) is 0 Å². The van der Waals surface area contributed by atoms with Gasteiger partial charge in [0.1, 0.15) is 5.82 Å². The number of thiazole rings is 1. The van der Waals surface area contributed by atoms with Gasteiger partial charge in [-0.15, -0.1) is 11.3 Å². The highest BCUT2D eigenvalue weighted by Crippen LogP contribution is 2.27. The second kappa shape index (κ2) is 5.73. The Morgan fingerprint density at radius 1 is 1.05 bits per heavy atom. The first-order valence-corrected chi connectivity index (χ1v) is 7.80. The molecule has 0 amide bonds. The van der Waals surface area contributed by atoms with Crippen molar-refractivity contribution in [3.63, 3.8) is 0 Å². The van der Waals surface area contributed by atoms with Crippen molar-refractivity contribution in [2.75, 3.05) is 5.32 Å². The molecule has 0 unspecified atom stereocenters. The van der Waals surface area contributed by atoms with Gasteiger partial charge in [0.25, 0.3) is 0 Å². The lowest BCUT2D eigenvalue weighted by atomic mass is 10.2. The van der Waals surface area contributed by atoms with Crippen molar-refractivity contribution < 1.29 is 0 Å². The molecule has 0 fully saturated rings. The van der Waals surface area contributed by atoms with Gasteiger partial charge in [0.15, 0.2) is 5.13 Å². The van der Waals surface area contributed by atoms with E-state index in [0.29, 0.717) is 0 Å². The number of nitrogens with one attached hydrogen (secondary N) is 1. The van der Waals surface area contributed by atoms with Crippen LogP contribution < -0.4 is 5.32 Å². The van der Waals surface area contributed by atoms with E-state index in [1.165, 1.54) is 0 Å². The molecule has 0 radical (unpaired) electrons. The lowest BCUT2D eigenvalue weighted by Crippen LogP contribution is -1.93. The Hall–Kier alpha value is -1.72. The van der Waals surface area contributed by atoms with Crippen molar-refractivity contribution >= 4 is 38.2 Å². The normalized spacial score (nSPS) is 10.5. The van der Waals surface area contributed by atoms with Crippen LogP contribution in [0, 0.1) is 6.92 Å². The quantitative estimate of drug-likeness (QED) is 0.724. The SMILES string of the molecule is Cc1cccc(Nc2nc(-c3ccc(Br)cc3)cs2)n1. The Bertz CT molecular complexity index is 722. The second-order valence-corrected chi connectivity index (χ2v) is 6.11. The molecular formula is C15H12BrN3S. The summed E-state index contributed by atoms with van der Waals surface area (Å²) in [5.41, 5.74) is 3.06. The third-order valence-electron chi connectivity index (χ3n) is 2.77. The number of aromatic nitrogens is 2. The molecule has 1 aromatic carbocycles. The number of halogens is 1. The van der Waals surface area contributed by atoms with Crippen LogP contribution in [0.3, 0.4) is 0 Å². The molecule has 0 atom stereocenters. The van der Waals surface area contributed by atoms with Crippen molar-refractivity contribution in [3.05, 3.63) is 58.0 Å². The Morgan fingerprint density at radius 2 is 1.85 bits per heavy atom. The van der Waals surface area contributed by atoms with Crippen LogP contribution in [0.2, 0.25) is 0 Å². The van der Waals surface area contributed by atoms with Crippen LogP contribution in [0.4, 0.5) is 10.9 Å². The van der Waals surface area contributed by atoms with Crippen molar-refractivity contribution in [3.8, 4) is 11.3 Å². The second-order valence-electron chi connectivity index (χ2n) is 4.33. The minimum atomic E-state index is 0.821. The summed E-state index contributed by atoms with van der Waals surface area (Å²) >= 11 is 5.01. The average Bonchev–Trinajstić information content (AvgIpc) is 2.88. The molecule has 2 heterocycles. The van der Waals surface area contributed by atoms with Crippen LogP contribution >= 0.6 is 27.3 Å². The van der Waals surface area contributed by atoms with E-state index in [-0.39, 0.29) is 0 Å². The monoisotopic (exact) mass is 345 g/mol. The largest absolute Gasteiger partial charge is 0.316 e. The summed E-state index contributed by atoms with van der Waals surface area (Å²) in [5.74, 6) is 0.821.